The molecule has 21 heavy (non-hydrogen) atoms. The first kappa shape index (κ1) is 17.0. The van der Waals surface area contributed by atoms with Crippen LogP contribution in [0.25, 0.3) is 0 Å². The third kappa shape index (κ3) is 3.51. The van der Waals surface area contributed by atoms with E-state index in [1.807, 2.05) is 0 Å². The van der Waals surface area contributed by atoms with Gasteiger partial charge in [0.1, 0.15) is 5.00 Å². The molecule has 0 fully saturated rings. The highest BCUT2D eigenvalue weighted by Gasteiger charge is 2.40. The predicted molar refractivity (Wildman–Crippen MR) is 68.7 cm³/mol. The van der Waals surface area contributed by atoms with Gasteiger partial charge in [-0.05, 0) is 12.5 Å². The normalized spacial score (nSPS) is 11.1. The molecule has 116 valence electrons. The third-order valence-electron chi connectivity index (χ3n) is 2.45. The first-order valence-electron chi connectivity index (χ1n) is 5.43. The molecule has 1 aromatic rings. The highest BCUT2D eigenvalue weighted by Crippen LogP contribution is 2.34. The minimum atomic E-state index is -5.15. The number of rotatable bonds is 3. The summed E-state index contributed by atoms with van der Waals surface area (Å²) in [4.78, 5) is 35.0. The van der Waals surface area contributed by atoms with Crippen molar-refractivity contribution < 1.29 is 32.7 Å². The molecule has 0 atom stereocenters. The Bertz CT molecular complexity index is 607. The Hall–Kier alpha value is -2.10. The van der Waals surface area contributed by atoms with E-state index in [1.54, 1.807) is 0 Å². The van der Waals surface area contributed by atoms with Crippen molar-refractivity contribution in [2.75, 3.05) is 19.4 Å². The number of carboxylic acids is 1. The van der Waals surface area contributed by atoms with E-state index >= 15 is 0 Å². The number of carbonyl (C=O) groups is 3. The van der Waals surface area contributed by atoms with Crippen molar-refractivity contribution in [2.45, 2.75) is 13.1 Å². The summed E-state index contributed by atoms with van der Waals surface area (Å²) in [5.41, 5.74) is -0.522. The number of anilines is 1. The van der Waals surface area contributed by atoms with Gasteiger partial charge < -0.3 is 15.3 Å². The smallest absolute Gasteiger partial charge is 0.471 e. The van der Waals surface area contributed by atoms with Crippen LogP contribution in [0.5, 0.6) is 0 Å². The molecule has 2 amide bonds. The maximum absolute atomic E-state index is 12.2. The summed E-state index contributed by atoms with van der Waals surface area (Å²) in [6, 6.07) is 0. The van der Waals surface area contributed by atoms with E-state index in [4.69, 9.17) is 5.11 Å². The lowest BCUT2D eigenvalue weighted by atomic mass is 10.1. The van der Waals surface area contributed by atoms with Crippen molar-refractivity contribution in [3.05, 3.63) is 16.0 Å². The lowest BCUT2D eigenvalue weighted by Crippen LogP contribution is -2.30. The number of alkyl halides is 3. The quantitative estimate of drug-likeness (QED) is 0.890. The molecule has 2 N–H and O–H groups in total. The summed E-state index contributed by atoms with van der Waals surface area (Å²) in [7, 11) is 2.83. The van der Waals surface area contributed by atoms with Crippen molar-refractivity contribution in [1.82, 2.24) is 4.90 Å². The molecule has 0 saturated carbocycles. The Balaban J connectivity index is 3.33. The van der Waals surface area contributed by atoms with Crippen LogP contribution in [-0.4, -0.2) is 48.1 Å². The van der Waals surface area contributed by atoms with Gasteiger partial charge >= 0.3 is 18.1 Å². The van der Waals surface area contributed by atoms with E-state index in [2.05, 4.69) is 0 Å². The van der Waals surface area contributed by atoms with Crippen LogP contribution < -0.4 is 5.32 Å². The fourth-order valence-electron chi connectivity index (χ4n) is 1.44. The zero-order valence-electron chi connectivity index (χ0n) is 11.2. The predicted octanol–water partition coefficient (Wildman–Crippen LogP) is 1.96. The second-order valence-electron chi connectivity index (χ2n) is 4.22. The second-order valence-corrected chi connectivity index (χ2v) is 5.24. The number of carboxylic acid groups (broad SMARTS) is 1. The number of nitrogens with one attached hydrogen (secondary N) is 1. The summed E-state index contributed by atoms with van der Waals surface area (Å²) >= 11 is 0.491. The fraction of sp³-hybridized carbons (Fsp3) is 0.364. The molecule has 0 spiro atoms. The Kier molecular flexibility index (Phi) is 4.62. The van der Waals surface area contributed by atoms with E-state index in [0.717, 1.165) is 4.90 Å². The number of hydrogen-bond acceptors (Lipinski definition) is 4. The van der Waals surface area contributed by atoms with Crippen LogP contribution in [0.4, 0.5) is 18.2 Å². The first-order chi connectivity index (χ1) is 9.46. The van der Waals surface area contributed by atoms with Gasteiger partial charge in [-0.15, -0.1) is 11.3 Å². The Morgan fingerprint density at radius 1 is 1.24 bits per heavy atom. The van der Waals surface area contributed by atoms with Gasteiger partial charge in [-0.3, -0.25) is 9.59 Å². The Morgan fingerprint density at radius 3 is 2.14 bits per heavy atom. The Labute approximate surface area is 121 Å². The van der Waals surface area contributed by atoms with Gasteiger partial charge in [0.05, 0.1) is 10.4 Å². The van der Waals surface area contributed by atoms with Crippen molar-refractivity contribution in [3.8, 4) is 0 Å². The maximum Gasteiger partial charge on any atom is 0.471 e. The number of hydrogen-bond donors (Lipinski definition) is 2. The van der Waals surface area contributed by atoms with Crippen molar-refractivity contribution >= 4 is 34.1 Å². The molecule has 0 bridgehead atoms. The standard InChI is InChI=1S/C11H11F3N2O4S/c1-4-5(9(18)19)7(15-10(20)11(12,13)14)21-6(4)8(17)16(2)3/h1-3H3,(H,15,20)(H,18,19). The van der Waals surface area contributed by atoms with E-state index in [0.29, 0.717) is 11.3 Å². The van der Waals surface area contributed by atoms with Gasteiger partial charge in [0.25, 0.3) is 5.91 Å². The SMILES string of the molecule is Cc1c(C(=O)N(C)C)sc(NC(=O)C(F)(F)F)c1C(=O)O. The number of nitrogens with zero attached hydrogens (tertiary/aromatic N) is 1. The molecular formula is C11H11F3N2O4S. The van der Waals surface area contributed by atoms with Crippen LogP contribution in [-0.2, 0) is 4.79 Å². The molecule has 1 heterocycles. The van der Waals surface area contributed by atoms with Crippen LogP contribution >= 0.6 is 11.3 Å². The van der Waals surface area contributed by atoms with Crippen molar-refractivity contribution in [3.63, 3.8) is 0 Å². The highest BCUT2D eigenvalue weighted by molar-refractivity contribution is 7.18. The van der Waals surface area contributed by atoms with Crippen molar-refractivity contribution in [1.29, 1.82) is 0 Å². The maximum atomic E-state index is 12.2. The monoisotopic (exact) mass is 324 g/mol. The van der Waals surface area contributed by atoms with Gasteiger partial charge in [-0.2, -0.15) is 13.2 Å². The lowest BCUT2D eigenvalue weighted by Gasteiger charge is -2.08. The molecular weight excluding hydrogens is 313 g/mol. The number of carbonyl (C=O) groups excluding carboxylic acids is 2. The second kappa shape index (κ2) is 5.72. The average Bonchev–Trinajstić information content (AvgIpc) is 2.63. The average molecular weight is 324 g/mol. The molecule has 0 aliphatic rings. The molecule has 0 unspecified atom stereocenters. The summed E-state index contributed by atoms with van der Waals surface area (Å²) in [6.07, 6.45) is -5.15. The van der Waals surface area contributed by atoms with Gasteiger partial charge in [-0.1, -0.05) is 0 Å². The topological polar surface area (TPSA) is 86.7 Å². The number of aromatic carboxylic acids is 1. The summed E-state index contributed by atoms with van der Waals surface area (Å²) in [5, 5.41) is 10.0. The molecule has 1 aromatic heterocycles. The summed E-state index contributed by atoms with van der Waals surface area (Å²) < 4.78 is 36.7. The van der Waals surface area contributed by atoms with Gasteiger partial charge in [0.15, 0.2) is 0 Å². The largest absolute Gasteiger partial charge is 0.478 e. The van der Waals surface area contributed by atoms with Crippen LogP contribution in [0.1, 0.15) is 25.6 Å². The minimum absolute atomic E-state index is 0.00340. The van der Waals surface area contributed by atoms with Crippen LogP contribution in [0.2, 0.25) is 0 Å². The Morgan fingerprint density at radius 2 is 1.76 bits per heavy atom. The van der Waals surface area contributed by atoms with E-state index in [-0.39, 0.29) is 10.4 Å². The number of halogens is 3. The van der Waals surface area contributed by atoms with E-state index < -0.39 is 34.5 Å². The zero-order chi connectivity index (χ0) is 16.5. The zero-order valence-corrected chi connectivity index (χ0v) is 12.0. The molecule has 6 nitrogen and oxygen atoms in total. The third-order valence-corrected chi connectivity index (χ3v) is 3.64. The molecule has 0 aliphatic carbocycles. The summed E-state index contributed by atoms with van der Waals surface area (Å²) in [5.74, 6) is -4.39. The van der Waals surface area contributed by atoms with Crippen LogP contribution in [0, 0.1) is 6.92 Å². The minimum Gasteiger partial charge on any atom is -0.478 e. The van der Waals surface area contributed by atoms with Crippen LogP contribution in [0.15, 0.2) is 0 Å². The molecule has 0 radical (unpaired) electrons. The van der Waals surface area contributed by atoms with Crippen LogP contribution in [0.3, 0.4) is 0 Å². The molecule has 1 rings (SSSR count). The lowest BCUT2D eigenvalue weighted by molar-refractivity contribution is -0.167. The van der Waals surface area contributed by atoms with Crippen molar-refractivity contribution in [2.24, 2.45) is 0 Å². The van der Waals surface area contributed by atoms with E-state index in [1.165, 1.54) is 26.3 Å². The van der Waals surface area contributed by atoms with Gasteiger partial charge in [0.2, 0.25) is 0 Å². The highest BCUT2D eigenvalue weighted by atomic mass is 32.1. The molecule has 0 aromatic carbocycles. The fourth-order valence-corrected chi connectivity index (χ4v) is 2.66. The molecule has 0 aliphatic heterocycles. The van der Waals surface area contributed by atoms with Gasteiger partial charge in [0, 0.05) is 14.1 Å². The first-order valence-corrected chi connectivity index (χ1v) is 6.25. The summed E-state index contributed by atoms with van der Waals surface area (Å²) in [6.45, 7) is 1.29. The van der Waals surface area contributed by atoms with E-state index in [9.17, 15) is 27.6 Å². The van der Waals surface area contributed by atoms with Gasteiger partial charge in [-0.25, -0.2) is 4.79 Å². The number of amides is 2. The molecule has 0 saturated heterocycles. The molecule has 10 heteroatoms. The number of thiophene rings is 1.